The molecule has 6 heterocycles. The Hall–Kier alpha value is -5.78. The Labute approximate surface area is 399 Å². The summed E-state index contributed by atoms with van der Waals surface area (Å²) >= 11 is 0. The summed E-state index contributed by atoms with van der Waals surface area (Å²) in [5, 5.41) is 19.9. The summed E-state index contributed by atoms with van der Waals surface area (Å²) in [6, 6.07) is 8.16. The number of phenols is 1. The van der Waals surface area contributed by atoms with Crippen LogP contribution in [0.5, 0.6) is 5.75 Å². The van der Waals surface area contributed by atoms with Gasteiger partial charge < -0.3 is 44.5 Å². The number of carbonyl (C=O) groups excluding carboxylic acids is 5. The highest BCUT2D eigenvalue weighted by molar-refractivity contribution is 5.96. The molecule has 17 nitrogen and oxygen atoms in total. The first-order chi connectivity index (χ1) is 32.5. The molecule has 0 radical (unpaired) electrons. The number of aryl methyl sites for hydroxylation is 1. The van der Waals surface area contributed by atoms with Crippen molar-refractivity contribution in [3.05, 3.63) is 58.9 Å². The minimum atomic E-state index is -1.15. The molecule has 5 amide bonds. The van der Waals surface area contributed by atoms with Gasteiger partial charge in [-0.2, -0.15) is 0 Å². The summed E-state index contributed by atoms with van der Waals surface area (Å²) in [6.45, 7) is 15.3. The number of carbonyl (C=O) groups is 5. The highest BCUT2D eigenvalue weighted by Crippen LogP contribution is 2.42. The molecule has 3 fully saturated rings. The number of methoxy groups -OCH3 is 1. The first kappa shape index (κ1) is 48.7. The lowest BCUT2D eigenvalue weighted by atomic mass is 9.83. The standard InChI is InChI=1S/C51H69N9O8/c1-9-59-42-15-14-33-26-37(42)38(45(59)36-12-10-16-52-43(36)31(4)67-8)27-51(5,6)29-68-49(65)39-13-11-17-60(55-39)48(64)40(24-32-22-34(33)25-35(61)23-32)54-46(62)44(30(2)3)56(7)50(66)58-20-18-57(19-21-58)47(63)41-28-53-41/h14-16,22-23,25-26,30-31,39-41,44,53,55,61H,9-13,17-21,24,27-29H2,1-8H3,(H,54,62)/t31-,39-,40-,41+,44-/m0/s1. The number of benzene rings is 2. The molecular weight excluding hydrogens is 867 g/mol. The van der Waals surface area contributed by atoms with E-state index in [1.165, 1.54) is 9.91 Å². The molecule has 1 aromatic heterocycles. The summed E-state index contributed by atoms with van der Waals surface area (Å²) in [5.74, 6) is -1.76. The topological polar surface area (TPSA) is 200 Å². The highest BCUT2D eigenvalue weighted by atomic mass is 16.5. The molecule has 3 aromatic rings. The smallest absolute Gasteiger partial charge is 0.324 e. The van der Waals surface area contributed by atoms with Gasteiger partial charge in [0.05, 0.1) is 30.1 Å². The zero-order chi connectivity index (χ0) is 48.6. The van der Waals surface area contributed by atoms with Crippen molar-refractivity contribution in [2.45, 2.75) is 117 Å². The molecule has 366 valence electrons. The van der Waals surface area contributed by atoms with Crippen LogP contribution in [0.3, 0.4) is 0 Å². The van der Waals surface area contributed by atoms with Gasteiger partial charge in [0, 0.05) is 94.5 Å². The second-order valence-electron chi connectivity index (χ2n) is 20.2. The lowest BCUT2D eigenvalue weighted by Gasteiger charge is -2.40. The molecule has 17 heteroatoms. The lowest BCUT2D eigenvalue weighted by molar-refractivity contribution is -0.155. The third-order valence-electron chi connectivity index (χ3n) is 14.1. The number of aliphatic imine (C=N–C) groups is 1. The van der Waals surface area contributed by atoms with Crippen LogP contribution in [0.15, 0.2) is 47.1 Å². The van der Waals surface area contributed by atoms with E-state index in [0.717, 1.165) is 57.4 Å². The number of aromatic nitrogens is 1. The van der Waals surface area contributed by atoms with E-state index in [2.05, 4.69) is 53.5 Å². The maximum Gasteiger partial charge on any atom is 0.324 e. The summed E-state index contributed by atoms with van der Waals surface area (Å²) in [7, 11) is 3.29. The van der Waals surface area contributed by atoms with E-state index in [1.807, 2.05) is 39.1 Å². The Kier molecular flexibility index (Phi) is 14.4. The molecule has 0 aliphatic carbocycles. The highest BCUT2D eigenvalue weighted by Gasteiger charge is 2.40. The van der Waals surface area contributed by atoms with E-state index < -0.39 is 41.3 Å². The second-order valence-corrected chi connectivity index (χ2v) is 20.2. The lowest BCUT2D eigenvalue weighted by Crippen LogP contribution is -2.63. The first-order valence-electron chi connectivity index (χ1n) is 24.3. The quantitative estimate of drug-likeness (QED) is 0.175. The Morgan fingerprint density at radius 2 is 1.76 bits per heavy atom. The van der Waals surface area contributed by atoms with E-state index in [-0.39, 0.29) is 55.3 Å². The largest absolute Gasteiger partial charge is 0.508 e. The SMILES string of the molecule is CCn1c(C2=C([C@H](C)OC)N=CCC2)c2c3cc(ccc31)-c1cc(O)cc(c1)C[C@H](NC(=O)[C@H](C(C)C)N(C)C(=O)N1CCN(C(=O)[C@H]3CN3)CC1)C(=O)N1CCC[C@H](N1)C(=O)OCC(C)(C)C2. The van der Waals surface area contributed by atoms with Crippen molar-refractivity contribution in [1.82, 2.24) is 40.3 Å². The molecule has 5 aliphatic heterocycles. The number of amides is 5. The molecule has 68 heavy (non-hydrogen) atoms. The Morgan fingerprint density at radius 1 is 1.03 bits per heavy atom. The number of urea groups is 1. The van der Waals surface area contributed by atoms with Gasteiger partial charge in [-0.05, 0) is 98.4 Å². The first-order valence-corrected chi connectivity index (χ1v) is 24.3. The molecule has 6 bridgehead atoms. The molecule has 8 rings (SSSR count). The molecule has 4 N–H and O–H groups in total. The minimum absolute atomic E-state index is 0.000559. The number of allylic oxidation sites excluding steroid dienone is 1. The Bertz CT molecular complexity index is 2500. The fraction of sp³-hybridized carbons (Fsp3) is 0.569. The number of hydrogen-bond donors (Lipinski definition) is 4. The van der Waals surface area contributed by atoms with Crippen molar-refractivity contribution < 1.29 is 38.6 Å². The van der Waals surface area contributed by atoms with Crippen LogP contribution >= 0.6 is 0 Å². The summed E-state index contributed by atoms with van der Waals surface area (Å²) in [4.78, 5) is 79.7. The number of aromatic hydroxyl groups is 1. The van der Waals surface area contributed by atoms with Gasteiger partial charge in [0.2, 0.25) is 11.8 Å². The number of hydrogen-bond acceptors (Lipinski definition) is 11. The number of phenolic OH excluding ortho intramolecular Hbond substituents is 1. The number of nitrogens with one attached hydrogen (secondary N) is 3. The predicted octanol–water partition coefficient (Wildman–Crippen LogP) is 4.49. The number of hydrazine groups is 1. The molecule has 0 spiro atoms. The fourth-order valence-corrected chi connectivity index (χ4v) is 10.4. The number of ether oxygens (including phenoxy) is 2. The van der Waals surface area contributed by atoms with Gasteiger partial charge in [-0.3, -0.25) is 29.2 Å². The Morgan fingerprint density at radius 3 is 2.46 bits per heavy atom. The van der Waals surface area contributed by atoms with E-state index in [4.69, 9.17) is 14.5 Å². The van der Waals surface area contributed by atoms with Crippen molar-refractivity contribution in [1.29, 1.82) is 0 Å². The second kappa shape index (κ2) is 20.1. The Balaban J connectivity index is 1.16. The number of fused-ring (bicyclic) bond motifs is 6. The maximum absolute atomic E-state index is 14.8. The third-order valence-corrected chi connectivity index (χ3v) is 14.1. The van der Waals surface area contributed by atoms with Gasteiger partial charge in [0.15, 0.2) is 0 Å². The molecule has 3 saturated heterocycles. The van der Waals surface area contributed by atoms with Crippen molar-refractivity contribution in [3.8, 4) is 16.9 Å². The third kappa shape index (κ3) is 10.2. The predicted molar refractivity (Wildman–Crippen MR) is 260 cm³/mol. The molecule has 2 aromatic carbocycles. The van der Waals surface area contributed by atoms with Crippen molar-refractivity contribution >= 4 is 52.4 Å². The summed E-state index contributed by atoms with van der Waals surface area (Å²) in [6.07, 6.45) is 4.85. The van der Waals surface area contributed by atoms with Crippen LogP contribution in [0.25, 0.3) is 27.6 Å². The monoisotopic (exact) mass is 936 g/mol. The molecule has 0 saturated carbocycles. The van der Waals surface area contributed by atoms with Gasteiger partial charge in [-0.25, -0.2) is 10.2 Å². The average Bonchev–Trinajstić information content (AvgIpc) is 4.14. The van der Waals surface area contributed by atoms with E-state index in [0.29, 0.717) is 64.1 Å². The van der Waals surface area contributed by atoms with Crippen molar-refractivity contribution in [2.24, 2.45) is 16.3 Å². The number of rotatable bonds is 9. The number of piperazine rings is 1. The van der Waals surface area contributed by atoms with Crippen LogP contribution in [0.4, 0.5) is 4.79 Å². The van der Waals surface area contributed by atoms with Crippen molar-refractivity contribution in [3.63, 3.8) is 0 Å². The number of likely N-dealkylation sites (N-methyl/N-ethyl adjacent to an activating group) is 1. The number of nitrogens with zero attached hydrogens (tertiary/aromatic N) is 6. The van der Waals surface area contributed by atoms with Gasteiger partial charge in [-0.1, -0.05) is 39.8 Å². The zero-order valence-corrected chi connectivity index (χ0v) is 40.9. The number of esters is 1. The number of cyclic esters (lactones) is 1. The minimum Gasteiger partial charge on any atom is -0.508 e. The van der Waals surface area contributed by atoms with Crippen LogP contribution in [0, 0.1) is 11.3 Å². The van der Waals surface area contributed by atoms with Gasteiger partial charge >= 0.3 is 12.0 Å². The zero-order valence-electron chi connectivity index (χ0n) is 40.9. The van der Waals surface area contributed by atoms with Crippen LogP contribution in [-0.4, -0.2) is 156 Å². The molecule has 5 atom stereocenters. The van der Waals surface area contributed by atoms with Crippen molar-refractivity contribution in [2.75, 3.05) is 60.0 Å². The molecule has 5 aliphatic rings. The van der Waals surface area contributed by atoms with Crippen LogP contribution in [0.1, 0.15) is 84.0 Å². The van der Waals surface area contributed by atoms with Gasteiger partial charge in [-0.15, -0.1) is 0 Å². The van der Waals surface area contributed by atoms with Crippen LogP contribution in [-0.2, 0) is 48.0 Å². The van der Waals surface area contributed by atoms with E-state index in [9.17, 15) is 29.1 Å². The normalized spacial score (nSPS) is 23.0. The summed E-state index contributed by atoms with van der Waals surface area (Å²) in [5.41, 5.74) is 10.1. The molecule has 0 unspecified atom stereocenters. The van der Waals surface area contributed by atoms with E-state index in [1.54, 1.807) is 36.1 Å². The van der Waals surface area contributed by atoms with Gasteiger partial charge in [0.1, 0.15) is 23.9 Å². The molecular formula is C51H69N9O8. The van der Waals surface area contributed by atoms with E-state index >= 15 is 0 Å². The van der Waals surface area contributed by atoms with Crippen LogP contribution in [0.2, 0.25) is 0 Å². The fourth-order valence-electron chi connectivity index (χ4n) is 10.4. The summed E-state index contributed by atoms with van der Waals surface area (Å²) < 4.78 is 14.3. The maximum atomic E-state index is 14.8. The van der Waals surface area contributed by atoms with Crippen LogP contribution < -0.4 is 16.1 Å². The average molecular weight is 936 g/mol. The van der Waals surface area contributed by atoms with Gasteiger partial charge in [0.25, 0.3) is 5.91 Å².